The molecule has 0 heterocycles. The molecule has 0 saturated carbocycles. The summed E-state index contributed by atoms with van der Waals surface area (Å²) >= 11 is 5.81. The molecule has 1 atom stereocenters. The predicted molar refractivity (Wildman–Crippen MR) is 50.3 cm³/mol. The van der Waals surface area contributed by atoms with Gasteiger partial charge in [-0.15, -0.1) is 0 Å². The number of alkyl halides is 1. The zero-order valence-corrected chi connectivity index (χ0v) is 7.98. The molecule has 0 aromatic heterocycles. The molecule has 13 heavy (non-hydrogen) atoms. The first-order valence-corrected chi connectivity index (χ1v) is 4.33. The number of nitrogens with zero attached hydrogens (tertiary/aromatic N) is 1. The normalized spacial score (nSPS) is 12.2. The van der Waals surface area contributed by atoms with Crippen LogP contribution in [-0.2, 0) is 6.42 Å². The molecule has 0 aliphatic carbocycles. The highest BCUT2D eigenvalue weighted by molar-refractivity contribution is 6.31. The van der Waals surface area contributed by atoms with Gasteiger partial charge in [0.2, 0.25) is 0 Å². The predicted octanol–water partition coefficient (Wildman–Crippen LogP) is 3.44. The van der Waals surface area contributed by atoms with Crippen LogP contribution in [0.1, 0.15) is 24.2 Å². The lowest BCUT2D eigenvalue weighted by Crippen LogP contribution is -1.95. The molecule has 1 aromatic rings. The van der Waals surface area contributed by atoms with Gasteiger partial charge in [-0.25, -0.2) is 4.39 Å². The topological polar surface area (TPSA) is 23.8 Å². The fourth-order valence-corrected chi connectivity index (χ4v) is 1.61. The van der Waals surface area contributed by atoms with E-state index in [0.717, 1.165) is 0 Å². The lowest BCUT2D eigenvalue weighted by atomic mass is 10.0. The molecule has 0 fully saturated rings. The maximum absolute atomic E-state index is 13.1. The number of hydrogen-bond donors (Lipinski definition) is 0. The third-order valence-corrected chi connectivity index (χ3v) is 2.14. The summed E-state index contributed by atoms with van der Waals surface area (Å²) in [6.45, 7) is 1.42. The monoisotopic (exact) mass is 197 g/mol. The van der Waals surface area contributed by atoms with E-state index in [0.29, 0.717) is 16.1 Å². The molecule has 1 aromatic carbocycles. The fourth-order valence-electron chi connectivity index (χ4n) is 1.27. The SMILES string of the molecule is CC(F)c1c(Cl)cccc1CC#N. The van der Waals surface area contributed by atoms with Crippen molar-refractivity contribution in [3.8, 4) is 6.07 Å². The molecule has 0 radical (unpaired) electrons. The first-order chi connectivity index (χ1) is 6.16. The van der Waals surface area contributed by atoms with Crippen LogP contribution in [-0.4, -0.2) is 0 Å². The highest BCUT2D eigenvalue weighted by Gasteiger charge is 2.12. The summed E-state index contributed by atoms with van der Waals surface area (Å²) in [6.07, 6.45) is -0.929. The van der Waals surface area contributed by atoms with E-state index >= 15 is 0 Å². The van der Waals surface area contributed by atoms with Crippen molar-refractivity contribution >= 4 is 11.6 Å². The number of nitriles is 1. The molecule has 0 aliphatic heterocycles. The van der Waals surface area contributed by atoms with Crippen molar-refractivity contribution < 1.29 is 4.39 Å². The van der Waals surface area contributed by atoms with Crippen LogP contribution >= 0.6 is 11.6 Å². The summed E-state index contributed by atoms with van der Waals surface area (Å²) in [4.78, 5) is 0. The Bertz CT molecular complexity index is 341. The van der Waals surface area contributed by atoms with E-state index < -0.39 is 6.17 Å². The molecule has 0 aliphatic rings. The zero-order valence-electron chi connectivity index (χ0n) is 7.22. The molecule has 3 heteroatoms. The van der Waals surface area contributed by atoms with Gasteiger partial charge in [-0.1, -0.05) is 23.7 Å². The highest BCUT2D eigenvalue weighted by Crippen LogP contribution is 2.28. The summed E-state index contributed by atoms with van der Waals surface area (Å²) in [5.41, 5.74) is 1.11. The summed E-state index contributed by atoms with van der Waals surface area (Å²) < 4.78 is 13.1. The van der Waals surface area contributed by atoms with Gasteiger partial charge in [0.25, 0.3) is 0 Å². The Hall–Kier alpha value is -1.07. The summed E-state index contributed by atoms with van der Waals surface area (Å²) in [7, 11) is 0. The molecular weight excluding hydrogens is 189 g/mol. The van der Waals surface area contributed by atoms with Crippen LogP contribution in [0.4, 0.5) is 4.39 Å². The molecule has 1 rings (SSSR count). The van der Waals surface area contributed by atoms with Crippen LogP contribution in [0.5, 0.6) is 0 Å². The van der Waals surface area contributed by atoms with Crippen molar-refractivity contribution in [1.82, 2.24) is 0 Å². The Morgan fingerprint density at radius 1 is 1.62 bits per heavy atom. The molecule has 1 unspecified atom stereocenters. The number of benzene rings is 1. The van der Waals surface area contributed by atoms with Crippen molar-refractivity contribution in [2.45, 2.75) is 19.5 Å². The summed E-state index contributed by atoms with van der Waals surface area (Å²) in [5.74, 6) is 0. The van der Waals surface area contributed by atoms with E-state index in [-0.39, 0.29) is 6.42 Å². The van der Waals surface area contributed by atoms with Crippen LogP contribution in [0.15, 0.2) is 18.2 Å². The number of hydrogen-bond acceptors (Lipinski definition) is 1. The largest absolute Gasteiger partial charge is 0.243 e. The average Bonchev–Trinajstić information content (AvgIpc) is 2.04. The third kappa shape index (κ3) is 2.19. The van der Waals surface area contributed by atoms with Gasteiger partial charge >= 0.3 is 0 Å². The van der Waals surface area contributed by atoms with Crippen molar-refractivity contribution in [3.05, 3.63) is 34.3 Å². The van der Waals surface area contributed by atoms with Crippen LogP contribution in [0.3, 0.4) is 0 Å². The van der Waals surface area contributed by atoms with Gasteiger partial charge < -0.3 is 0 Å². The van der Waals surface area contributed by atoms with Gasteiger partial charge in [0.1, 0.15) is 6.17 Å². The minimum atomic E-state index is -1.13. The van der Waals surface area contributed by atoms with E-state index in [9.17, 15) is 4.39 Å². The first-order valence-electron chi connectivity index (χ1n) is 3.95. The summed E-state index contributed by atoms with van der Waals surface area (Å²) in [5, 5.41) is 8.89. The maximum Gasteiger partial charge on any atom is 0.124 e. The Kier molecular flexibility index (Phi) is 3.27. The van der Waals surface area contributed by atoms with Gasteiger partial charge in [-0.05, 0) is 18.6 Å². The molecule has 1 nitrogen and oxygen atoms in total. The van der Waals surface area contributed by atoms with Crippen LogP contribution in [0.25, 0.3) is 0 Å². The van der Waals surface area contributed by atoms with Crippen LogP contribution < -0.4 is 0 Å². The smallest absolute Gasteiger partial charge is 0.124 e. The minimum absolute atomic E-state index is 0.199. The van der Waals surface area contributed by atoms with Crippen molar-refractivity contribution in [1.29, 1.82) is 5.26 Å². The van der Waals surface area contributed by atoms with Crippen LogP contribution in [0, 0.1) is 11.3 Å². The Morgan fingerprint density at radius 2 is 2.31 bits per heavy atom. The second kappa shape index (κ2) is 4.25. The van der Waals surface area contributed by atoms with E-state index in [1.807, 2.05) is 6.07 Å². The standard InChI is InChI=1S/C10H9ClFN/c1-7(12)10-8(5-6-13)3-2-4-9(10)11/h2-4,7H,5H2,1H3. The molecule has 0 saturated heterocycles. The van der Waals surface area contributed by atoms with E-state index in [1.54, 1.807) is 18.2 Å². The fraction of sp³-hybridized carbons (Fsp3) is 0.300. The van der Waals surface area contributed by atoms with Gasteiger partial charge in [-0.3, -0.25) is 0 Å². The zero-order chi connectivity index (χ0) is 9.84. The molecule has 0 spiro atoms. The van der Waals surface area contributed by atoms with Crippen molar-refractivity contribution in [2.24, 2.45) is 0 Å². The van der Waals surface area contributed by atoms with Gasteiger partial charge in [0, 0.05) is 10.6 Å². The van der Waals surface area contributed by atoms with Crippen LogP contribution in [0.2, 0.25) is 5.02 Å². The third-order valence-electron chi connectivity index (χ3n) is 1.81. The molecule has 0 amide bonds. The first kappa shape index (κ1) is 10.0. The van der Waals surface area contributed by atoms with Crippen molar-refractivity contribution in [3.63, 3.8) is 0 Å². The van der Waals surface area contributed by atoms with Gasteiger partial charge in [-0.2, -0.15) is 5.26 Å². The molecule has 68 valence electrons. The van der Waals surface area contributed by atoms with Gasteiger partial charge in [0.15, 0.2) is 0 Å². The molecule has 0 N–H and O–H groups in total. The van der Waals surface area contributed by atoms with Gasteiger partial charge in [0.05, 0.1) is 12.5 Å². The quantitative estimate of drug-likeness (QED) is 0.713. The lowest BCUT2D eigenvalue weighted by molar-refractivity contribution is 0.372. The molecule has 0 bridgehead atoms. The highest BCUT2D eigenvalue weighted by atomic mass is 35.5. The number of halogens is 2. The van der Waals surface area contributed by atoms with Crippen molar-refractivity contribution in [2.75, 3.05) is 0 Å². The van der Waals surface area contributed by atoms with E-state index in [1.165, 1.54) is 6.92 Å². The second-order valence-corrected chi connectivity index (χ2v) is 3.17. The Labute approximate surface area is 81.8 Å². The minimum Gasteiger partial charge on any atom is -0.243 e. The van der Waals surface area contributed by atoms with E-state index in [4.69, 9.17) is 16.9 Å². The average molecular weight is 198 g/mol. The molecular formula is C10H9ClFN. The Balaban J connectivity index is 3.19. The maximum atomic E-state index is 13.1. The second-order valence-electron chi connectivity index (χ2n) is 2.76. The Morgan fingerprint density at radius 3 is 2.85 bits per heavy atom. The summed E-state index contributed by atoms with van der Waals surface area (Å²) in [6, 6.07) is 7.06. The number of rotatable bonds is 2. The van der Waals surface area contributed by atoms with E-state index in [2.05, 4.69) is 0 Å². The lowest BCUT2D eigenvalue weighted by Gasteiger charge is -2.09.